The van der Waals surface area contributed by atoms with E-state index in [-0.39, 0.29) is 5.92 Å². The minimum absolute atomic E-state index is 0.196. The second-order valence-corrected chi connectivity index (χ2v) is 4.65. The molecule has 0 fully saturated rings. The number of hydrogen-bond acceptors (Lipinski definition) is 3. The molecule has 0 aliphatic heterocycles. The first kappa shape index (κ1) is 12.3. The number of hydrogen-bond donors (Lipinski definition) is 0. The number of rotatable bonds is 2. The van der Waals surface area contributed by atoms with Gasteiger partial charge in [-0.25, -0.2) is 9.97 Å². The van der Waals surface area contributed by atoms with Crippen molar-refractivity contribution in [3.05, 3.63) is 40.4 Å². The molecular formula is C12H11Cl2N3. The van der Waals surface area contributed by atoms with E-state index >= 15 is 0 Å². The lowest BCUT2D eigenvalue weighted by Crippen LogP contribution is -1.99. The van der Waals surface area contributed by atoms with Crippen LogP contribution in [0.1, 0.15) is 25.3 Å². The third-order valence-corrected chi connectivity index (χ3v) is 2.94. The monoisotopic (exact) mass is 267 g/mol. The van der Waals surface area contributed by atoms with Crippen LogP contribution in [0.3, 0.4) is 0 Å². The fraction of sp³-hybridized carbons (Fsp3) is 0.250. The van der Waals surface area contributed by atoms with Crippen molar-refractivity contribution in [1.29, 1.82) is 0 Å². The number of aromatic nitrogens is 3. The standard InChI is InChI=1S/C12H11Cl2N3/c1-7(2)9-10(13)16-12(17-11(9)14)8-3-5-15-6-4-8/h3-7H,1-2H3. The summed E-state index contributed by atoms with van der Waals surface area (Å²) in [6.07, 6.45) is 3.35. The van der Waals surface area contributed by atoms with Crippen LogP contribution in [0.5, 0.6) is 0 Å². The molecule has 2 aromatic heterocycles. The summed E-state index contributed by atoms with van der Waals surface area (Å²) in [7, 11) is 0. The molecule has 0 saturated heterocycles. The molecular weight excluding hydrogens is 257 g/mol. The zero-order valence-electron chi connectivity index (χ0n) is 9.48. The van der Waals surface area contributed by atoms with Crippen molar-refractivity contribution in [2.75, 3.05) is 0 Å². The Balaban J connectivity index is 2.53. The van der Waals surface area contributed by atoms with Gasteiger partial charge in [-0.1, -0.05) is 37.0 Å². The highest BCUT2D eigenvalue weighted by atomic mass is 35.5. The normalized spacial score (nSPS) is 10.9. The van der Waals surface area contributed by atoms with Gasteiger partial charge in [-0.05, 0) is 18.1 Å². The van der Waals surface area contributed by atoms with E-state index in [0.29, 0.717) is 16.1 Å². The van der Waals surface area contributed by atoms with Crippen molar-refractivity contribution in [3.8, 4) is 11.4 Å². The second-order valence-electron chi connectivity index (χ2n) is 3.93. The summed E-state index contributed by atoms with van der Waals surface area (Å²) in [5.74, 6) is 0.716. The van der Waals surface area contributed by atoms with Gasteiger partial charge in [-0.3, -0.25) is 4.98 Å². The van der Waals surface area contributed by atoms with Gasteiger partial charge in [0, 0.05) is 23.5 Å². The van der Waals surface area contributed by atoms with E-state index in [4.69, 9.17) is 23.2 Å². The van der Waals surface area contributed by atoms with Crippen LogP contribution in [-0.2, 0) is 0 Å². The average molecular weight is 268 g/mol. The summed E-state index contributed by atoms with van der Waals surface area (Å²) in [5.41, 5.74) is 1.63. The predicted octanol–water partition coefficient (Wildman–Crippen LogP) is 3.97. The average Bonchev–Trinajstić information content (AvgIpc) is 2.28. The number of halogens is 2. The zero-order valence-corrected chi connectivity index (χ0v) is 11.0. The van der Waals surface area contributed by atoms with Crippen LogP contribution in [0.25, 0.3) is 11.4 Å². The van der Waals surface area contributed by atoms with E-state index in [1.807, 2.05) is 26.0 Å². The fourth-order valence-corrected chi connectivity index (χ4v) is 2.35. The topological polar surface area (TPSA) is 38.7 Å². The van der Waals surface area contributed by atoms with Gasteiger partial charge in [-0.2, -0.15) is 0 Å². The third-order valence-electron chi connectivity index (χ3n) is 2.37. The first-order chi connectivity index (χ1) is 8.09. The van der Waals surface area contributed by atoms with Crippen LogP contribution in [0.15, 0.2) is 24.5 Å². The molecule has 0 radical (unpaired) electrons. The lowest BCUT2D eigenvalue weighted by atomic mass is 10.1. The Hall–Kier alpha value is -1.19. The number of nitrogens with zero attached hydrogens (tertiary/aromatic N) is 3. The van der Waals surface area contributed by atoms with Crippen molar-refractivity contribution in [1.82, 2.24) is 15.0 Å². The van der Waals surface area contributed by atoms with Gasteiger partial charge in [0.1, 0.15) is 10.3 Å². The van der Waals surface area contributed by atoms with Crippen LogP contribution in [0.4, 0.5) is 0 Å². The molecule has 0 N–H and O–H groups in total. The van der Waals surface area contributed by atoms with E-state index in [1.165, 1.54) is 0 Å². The lowest BCUT2D eigenvalue weighted by Gasteiger charge is -2.10. The summed E-state index contributed by atoms with van der Waals surface area (Å²) in [6.45, 7) is 4.01. The van der Waals surface area contributed by atoms with Gasteiger partial charge < -0.3 is 0 Å². The number of pyridine rings is 1. The molecule has 2 heterocycles. The van der Waals surface area contributed by atoms with Crippen LogP contribution >= 0.6 is 23.2 Å². The first-order valence-electron chi connectivity index (χ1n) is 5.23. The molecule has 2 rings (SSSR count). The minimum Gasteiger partial charge on any atom is -0.265 e. The van der Waals surface area contributed by atoms with Crippen LogP contribution < -0.4 is 0 Å². The Labute approximate surface area is 110 Å². The van der Waals surface area contributed by atoms with E-state index in [0.717, 1.165) is 11.1 Å². The van der Waals surface area contributed by atoms with E-state index in [1.54, 1.807) is 12.4 Å². The minimum atomic E-state index is 0.196. The third kappa shape index (κ3) is 2.56. The maximum absolute atomic E-state index is 6.13. The molecule has 0 aliphatic carbocycles. The molecule has 0 amide bonds. The zero-order chi connectivity index (χ0) is 12.4. The largest absolute Gasteiger partial charge is 0.265 e. The molecule has 88 valence electrons. The first-order valence-corrected chi connectivity index (χ1v) is 5.98. The molecule has 2 aromatic rings. The molecule has 0 aromatic carbocycles. The highest BCUT2D eigenvalue weighted by Crippen LogP contribution is 2.30. The smallest absolute Gasteiger partial charge is 0.162 e. The second kappa shape index (κ2) is 4.98. The Kier molecular flexibility index (Phi) is 3.60. The van der Waals surface area contributed by atoms with Gasteiger partial charge in [-0.15, -0.1) is 0 Å². The summed E-state index contributed by atoms with van der Waals surface area (Å²) < 4.78 is 0. The SMILES string of the molecule is CC(C)c1c(Cl)nc(-c2ccncc2)nc1Cl. The maximum atomic E-state index is 6.13. The van der Waals surface area contributed by atoms with Gasteiger partial charge in [0.15, 0.2) is 5.82 Å². The van der Waals surface area contributed by atoms with Crippen molar-refractivity contribution >= 4 is 23.2 Å². The summed E-state index contributed by atoms with van der Waals surface area (Å²) in [4.78, 5) is 12.5. The fourth-order valence-electron chi connectivity index (χ4n) is 1.52. The Bertz CT molecular complexity index is 504. The van der Waals surface area contributed by atoms with Gasteiger partial charge >= 0.3 is 0 Å². The molecule has 0 aliphatic rings. The van der Waals surface area contributed by atoms with Gasteiger partial charge in [0.05, 0.1) is 0 Å². The van der Waals surface area contributed by atoms with Crippen LogP contribution in [-0.4, -0.2) is 15.0 Å². The molecule has 3 nitrogen and oxygen atoms in total. The van der Waals surface area contributed by atoms with Gasteiger partial charge in [0.2, 0.25) is 0 Å². The molecule has 0 bridgehead atoms. The molecule has 0 saturated carbocycles. The van der Waals surface area contributed by atoms with Crippen LogP contribution in [0.2, 0.25) is 10.3 Å². The lowest BCUT2D eigenvalue weighted by molar-refractivity contribution is 0.848. The maximum Gasteiger partial charge on any atom is 0.162 e. The van der Waals surface area contributed by atoms with Crippen LogP contribution in [0, 0.1) is 0 Å². The van der Waals surface area contributed by atoms with E-state index < -0.39 is 0 Å². The van der Waals surface area contributed by atoms with E-state index in [2.05, 4.69) is 15.0 Å². The summed E-state index contributed by atoms with van der Waals surface area (Å²) >= 11 is 12.3. The quantitative estimate of drug-likeness (QED) is 0.773. The highest BCUT2D eigenvalue weighted by Gasteiger charge is 2.15. The molecule has 5 heteroatoms. The summed E-state index contributed by atoms with van der Waals surface area (Å²) in [5, 5.41) is 0.818. The Morgan fingerprint density at radius 3 is 2.00 bits per heavy atom. The Morgan fingerprint density at radius 2 is 1.53 bits per heavy atom. The van der Waals surface area contributed by atoms with Gasteiger partial charge in [0.25, 0.3) is 0 Å². The van der Waals surface area contributed by atoms with Crippen molar-refractivity contribution in [2.45, 2.75) is 19.8 Å². The molecule has 0 atom stereocenters. The predicted molar refractivity (Wildman–Crippen MR) is 69.4 cm³/mol. The Morgan fingerprint density at radius 1 is 1.00 bits per heavy atom. The molecule has 17 heavy (non-hydrogen) atoms. The van der Waals surface area contributed by atoms with E-state index in [9.17, 15) is 0 Å². The molecule has 0 unspecified atom stereocenters. The molecule has 0 spiro atoms. The highest BCUT2D eigenvalue weighted by molar-refractivity contribution is 6.34. The van der Waals surface area contributed by atoms with Crippen molar-refractivity contribution in [2.24, 2.45) is 0 Å². The van der Waals surface area contributed by atoms with Crippen molar-refractivity contribution < 1.29 is 0 Å². The summed E-state index contributed by atoms with van der Waals surface area (Å²) in [6, 6.07) is 3.63. The van der Waals surface area contributed by atoms with Crippen molar-refractivity contribution in [3.63, 3.8) is 0 Å².